The molecule has 1 fully saturated rings. The van der Waals surface area contributed by atoms with Gasteiger partial charge in [0.25, 0.3) is 0 Å². The number of hydrogen-bond acceptors (Lipinski definition) is 4. The van der Waals surface area contributed by atoms with Crippen molar-refractivity contribution in [1.29, 1.82) is 0 Å². The quantitative estimate of drug-likeness (QED) is 0.462. The topological polar surface area (TPSA) is 84.7 Å². The van der Waals surface area contributed by atoms with Gasteiger partial charge >= 0.3 is 0 Å². The Kier molecular flexibility index (Phi) is 4.35. The van der Waals surface area contributed by atoms with E-state index >= 15 is 0 Å². The molecule has 0 aliphatic carbocycles. The van der Waals surface area contributed by atoms with Crippen LogP contribution in [0, 0.1) is 0 Å². The van der Waals surface area contributed by atoms with Crippen molar-refractivity contribution in [3.63, 3.8) is 0 Å². The number of amides is 2. The second-order valence-corrected chi connectivity index (χ2v) is 4.31. The zero-order chi connectivity index (χ0) is 13.7. The first-order chi connectivity index (χ1) is 9.20. The number of rotatable bonds is 5. The summed E-state index contributed by atoms with van der Waals surface area (Å²) in [7, 11) is 0. The average Bonchev–Trinajstić information content (AvgIpc) is 2.85. The van der Waals surface area contributed by atoms with Crippen LogP contribution in [0.4, 0.5) is 5.69 Å². The van der Waals surface area contributed by atoms with Crippen LogP contribution < -0.4 is 20.9 Å². The maximum absolute atomic E-state index is 11.6. The van der Waals surface area contributed by atoms with Gasteiger partial charge in [-0.3, -0.25) is 15.0 Å². The molecule has 0 spiro atoms. The van der Waals surface area contributed by atoms with Gasteiger partial charge in [-0.1, -0.05) is 6.07 Å². The van der Waals surface area contributed by atoms with Crippen LogP contribution in [-0.2, 0) is 9.59 Å². The highest BCUT2D eigenvalue weighted by Crippen LogP contribution is 2.25. The van der Waals surface area contributed by atoms with E-state index in [1.807, 2.05) is 23.6 Å². The second-order valence-electron chi connectivity index (χ2n) is 4.31. The largest absolute Gasteiger partial charge is 0.493 e. The van der Waals surface area contributed by atoms with Crippen LogP contribution in [0.2, 0.25) is 0 Å². The van der Waals surface area contributed by atoms with Crippen molar-refractivity contribution in [3.05, 3.63) is 24.3 Å². The van der Waals surface area contributed by atoms with E-state index in [-0.39, 0.29) is 24.8 Å². The minimum atomic E-state index is -0.272. The normalized spacial score (nSPS) is 14.6. The Labute approximate surface area is 111 Å². The maximum Gasteiger partial charge on any atom is 0.237 e. The highest BCUT2D eigenvalue weighted by atomic mass is 16.5. The molecule has 0 aromatic heterocycles. The smallest absolute Gasteiger partial charge is 0.237 e. The van der Waals surface area contributed by atoms with E-state index in [0.29, 0.717) is 12.2 Å². The molecule has 3 N–H and O–H groups in total. The van der Waals surface area contributed by atoms with Crippen LogP contribution in [0.1, 0.15) is 19.3 Å². The molecule has 1 aromatic carbocycles. The molecule has 0 radical (unpaired) electrons. The zero-order valence-electron chi connectivity index (χ0n) is 10.6. The standard InChI is InChI=1S/C13H17N3O3/c14-15-12(17)6-8-19-11-4-1-3-10(9-11)16-7-2-5-13(16)18/h1,3-4,9H,2,5-8,14H2,(H,15,17). The Morgan fingerprint density at radius 3 is 3.00 bits per heavy atom. The molecule has 1 aliphatic heterocycles. The average molecular weight is 263 g/mol. The lowest BCUT2D eigenvalue weighted by atomic mass is 10.3. The summed E-state index contributed by atoms with van der Waals surface area (Å²) < 4.78 is 5.46. The number of nitrogens with one attached hydrogen (secondary N) is 1. The third-order valence-corrected chi connectivity index (χ3v) is 2.96. The molecule has 6 nitrogen and oxygen atoms in total. The molecule has 2 rings (SSSR count). The van der Waals surface area contributed by atoms with Gasteiger partial charge in [0, 0.05) is 24.7 Å². The van der Waals surface area contributed by atoms with Crippen LogP contribution in [0.25, 0.3) is 0 Å². The summed E-state index contributed by atoms with van der Waals surface area (Å²) in [5.74, 6) is 5.48. The predicted molar refractivity (Wildman–Crippen MR) is 70.5 cm³/mol. The SMILES string of the molecule is NNC(=O)CCOc1cccc(N2CCCC2=O)c1. The molecule has 19 heavy (non-hydrogen) atoms. The third kappa shape index (κ3) is 3.45. The van der Waals surface area contributed by atoms with Gasteiger partial charge in [0.2, 0.25) is 11.8 Å². The Bertz CT molecular complexity index is 476. The van der Waals surface area contributed by atoms with Crippen LogP contribution in [0.3, 0.4) is 0 Å². The molecule has 0 bridgehead atoms. The summed E-state index contributed by atoms with van der Waals surface area (Å²) in [6, 6.07) is 7.32. The predicted octanol–water partition coefficient (Wildman–Crippen LogP) is 0.572. The van der Waals surface area contributed by atoms with Crippen molar-refractivity contribution in [3.8, 4) is 5.75 Å². The first-order valence-electron chi connectivity index (χ1n) is 6.23. The van der Waals surface area contributed by atoms with E-state index in [2.05, 4.69) is 0 Å². The fourth-order valence-electron chi connectivity index (χ4n) is 2.00. The summed E-state index contributed by atoms with van der Waals surface area (Å²) >= 11 is 0. The fourth-order valence-corrected chi connectivity index (χ4v) is 2.00. The number of ether oxygens (including phenoxy) is 1. The number of anilines is 1. The monoisotopic (exact) mass is 263 g/mol. The first-order valence-corrected chi connectivity index (χ1v) is 6.23. The van der Waals surface area contributed by atoms with Gasteiger partial charge in [0.15, 0.2) is 0 Å². The molecule has 1 heterocycles. The highest BCUT2D eigenvalue weighted by Gasteiger charge is 2.21. The fraction of sp³-hybridized carbons (Fsp3) is 0.385. The summed E-state index contributed by atoms with van der Waals surface area (Å²) in [5.41, 5.74) is 2.88. The van der Waals surface area contributed by atoms with Crippen molar-refractivity contribution >= 4 is 17.5 Å². The van der Waals surface area contributed by atoms with E-state index in [1.165, 1.54) is 0 Å². The maximum atomic E-state index is 11.6. The van der Waals surface area contributed by atoms with E-state index in [4.69, 9.17) is 10.6 Å². The number of nitrogens with zero attached hydrogens (tertiary/aromatic N) is 1. The molecular weight excluding hydrogens is 246 g/mol. The lowest BCUT2D eigenvalue weighted by Gasteiger charge is -2.16. The van der Waals surface area contributed by atoms with Crippen LogP contribution in [-0.4, -0.2) is 25.0 Å². The van der Waals surface area contributed by atoms with Gasteiger partial charge in [0.05, 0.1) is 13.0 Å². The lowest BCUT2D eigenvalue weighted by Crippen LogP contribution is -2.31. The van der Waals surface area contributed by atoms with Crippen molar-refractivity contribution in [1.82, 2.24) is 5.43 Å². The summed E-state index contributed by atoms with van der Waals surface area (Å²) in [5, 5.41) is 0. The Morgan fingerprint density at radius 2 is 2.32 bits per heavy atom. The second kappa shape index (κ2) is 6.19. The molecule has 1 aliphatic rings. The van der Waals surface area contributed by atoms with Crippen molar-refractivity contribution in [2.24, 2.45) is 5.84 Å². The van der Waals surface area contributed by atoms with Gasteiger partial charge in [-0.2, -0.15) is 0 Å². The summed E-state index contributed by atoms with van der Waals surface area (Å²) in [6.07, 6.45) is 1.69. The molecule has 102 valence electrons. The van der Waals surface area contributed by atoms with Crippen LogP contribution in [0.15, 0.2) is 24.3 Å². The number of carbonyl (C=O) groups excluding carboxylic acids is 2. The molecule has 0 atom stereocenters. The zero-order valence-corrected chi connectivity index (χ0v) is 10.6. The first kappa shape index (κ1) is 13.4. The Balaban J connectivity index is 1.95. The van der Waals surface area contributed by atoms with E-state index in [1.54, 1.807) is 11.0 Å². The summed E-state index contributed by atoms with van der Waals surface area (Å²) in [6.45, 7) is 0.998. The number of carbonyl (C=O) groups is 2. The van der Waals surface area contributed by atoms with E-state index in [0.717, 1.165) is 18.7 Å². The molecule has 2 amide bonds. The molecule has 0 unspecified atom stereocenters. The van der Waals surface area contributed by atoms with Crippen molar-refractivity contribution in [2.75, 3.05) is 18.1 Å². The number of nitrogens with two attached hydrogens (primary N) is 1. The van der Waals surface area contributed by atoms with E-state index < -0.39 is 0 Å². The molecular formula is C13H17N3O3. The lowest BCUT2D eigenvalue weighted by molar-refractivity contribution is -0.121. The van der Waals surface area contributed by atoms with Crippen molar-refractivity contribution < 1.29 is 14.3 Å². The summed E-state index contributed by atoms with van der Waals surface area (Å²) in [4.78, 5) is 24.3. The van der Waals surface area contributed by atoms with Gasteiger partial charge in [-0.05, 0) is 18.6 Å². The van der Waals surface area contributed by atoms with Gasteiger partial charge in [-0.25, -0.2) is 5.84 Å². The minimum Gasteiger partial charge on any atom is -0.493 e. The molecule has 1 aromatic rings. The molecule has 1 saturated heterocycles. The Morgan fingerprint density at radius 1 is 1.47 bits per heavy atom. The third-order valence-electron chi connectivity index (χ3n) is 2.96. The van der Waals surface area contributed by atoms with Gasteiger partial charge in [-0.15, -0.1) is 0 Å². The van der Waals surface area contributed by atoms with Gasteiger partial charge in [0.1, 0.15) is 5.75 Å². The van der Waals surface area contributed by atoms with Crippen molar-refractivity contribution in [2.45, 2.75) is 19.3 Å². The molecule has 0 saturated carbocycles. The Hall–Kier alpha value is -2.08. The van der Waals surface area contributed by atoms with Crippen LogP contribution >= 0.6 is 0 Å². The van der Waals surface area contributed by atoms with Gasteiger partial charge < -0.3 is 9.64 Å². The number of hydrazine groups is 1. The number of hydrogen-bond donors (Lipinski definition) is 2. The van der Waals surface area contributed by atoms with Crippen LogP contribution in [0.5, 0.6) is 5.75 Å². The van der Waals surface area contributed by atoms with E-state index in [9.17, 15) is 9.59 Å². The molecule has 6 heteroatoms. The highest BCUT2D eigenvalue weighted by molar-refractivity contribution is 5.95. The number of benzene rings is 1. The minimum absolute atomic E-state index is 0.139.